The Bertz CT molecular complexity index is 708. The van der Waals surface area contributed by atoms with Gasteiger partial charge in [-0.2, -0.15) is 13.8 Å². The molecule has 24 heavy (non-hydrogen) atoms. The number of hydrogen-bond acceptors (Lipinski definition) is 5. The third-order valence-electron chi connectivity index (χ3n) is 3.72. The fourth-order valence-electron chi connectivity index (χ4n) is 2.30. The second kappa shape index (κ2) is 7.35. The number of benzene rings is 1. The van der Waals surface area contributed by atoms with Crippen molar-refractivity contribution in [2.45, 2.75) is 25.2 Å². The van der Waals surface area contributed by atoms with Gasteiger partial charge < -0.3 is 14.8 Å². The molecule has 126 valence electrons. The molecule has 0 spiro atoms. The molecule has 1 aromatic carbocycles. The van der Waals surface area contributed by atoms with Gasteiger partial charge in [-0.15, -0.1) is 0 Å². The highest BCUT2D eigenvalue weighted by atomic mass is 19.1. The van der Waals surface area contributed by atoms with Gasteiger partial charge in [0.25, 0.3) is 5.95 Å². The van der Waals surface area contributed by atoms with Crippen LogP contribution >= 0.6 is 0 Å². The van der Waals surface area contributed by atoms with Crippen LogP contribution in [-0.2, 0) is 16.1 Å². The second-order valence-electron chi connectivity index (χ2n) is 5.40. The first-order valence-electron chi connectivity index (χ1n) is 7.56. The smallest absolute Gasteiger partial charge is 0.349 e. The molecule has 2 heterocycles. The monoisotopic (exact) mass is 334 g/mol. The van der Waals surface area contributed by atoms with Gasteiger partial charge in [-0.25, -0.2) is 4.79 Å². The number of rotatable bonds is 6. The van der Waals surface area contributed by atoms with Gasteiger partial charge in [-0.3, -0.25) is 0 Å². The quantitative estimate of drug-likeness (QED) is 0.648. The van der Waals surface area contributed by atoms with Crippen LogP contribution in [0.2, 0.25) is 0 Å². The first kappa shape index (κ1) is 16.3. The molecule has 0 aliphatic carbocycles. The Kier molecular flexibility index (Phi) is 5.00. The minimum Gasteiger partial charge on any atom is -0.472 e. The molecule has 1 N–H and O–H groups in total. The van der Waals surface area contributed by atoms with Crippen molar-refractivity contribution in [3.63, 3.8) is 0 Å². The molecule has 1 unspecified atom stereocenters. The zero-order chi connectivity index (χ0) is 16.9. The van der Waals surface area contributed by atoms with Crippen molar-refractivity contribution in [3.05, 3.63) is 59.9 Å². The van der Waals surface area contributed by atoms with Crippen LogP contribution in [0, 0.1) is 11.9 Å². The van der Waals surface area contributed by atoms with E-state index in [1.165, 1.54) is 0 Å². The summed E-state index contributed by atoms with van der Waals surface area (Å²) in [6, 6.07) is 11.0. The third-order valence-corrected chi connectivity index (χ3v) is 3.72. The molecule has 0 amide bonds. The van der Waals surface area contributed by atoms with E-state index >= 15 is 0 Å². The van der Waals surface area contributed by atoms with Crippen molar-refractivity contribution in [2.75, 3.05) is 6.54 Å². The molecule has 1 fully saturated rings. The Morgan fingerprint density at radius 3 is 2.62 bits per heavy atom. The summed E-state index contributed by atoms with van der Waals surface area (Å²) in [5.41, 5.74) is 0.834. The molecular weight excluding hydrogens is 318 g/mol. The summed E-state index contributed by atoms with van der Waals surface area (Å²) in [5.74, 6) is -2.95. The highest BCUT2D eigenvalue weighted by Crippen LogP contribution is 2.21. The van der Waals surface area contributed by atoms with Crippen LogP contribution in [0.25, 0.3) is 0 Å². The third kappa shape index (κ3) is 3.86. The Hall–Kier alpha value is -2.54. The lowest BCUT2D eigenvalue weighted by Gasteiger charge is -2.33. The van der Waals surface area contributed by atoms with E-state index in [1.807, 2.05) is 30.3 Å². The molecule has 5 nitrogen and oxygen atoms in total. The summed E-state index contributed by atoms with van der Waals surface area (Å²) in [7, 11) is 0. The molecule has 1 saturated heterocycles. The van der Waals surface area contributed by atoms with Crippen LogP contribution in [0.1, 0.15) is 12.0 Å². The predicted octanol–water partition coefficient (Wildman–Crippen LogP) is 2.21. The van der Waals surface area contributed by atoms with E-state index in [9.17, 15) is 13.6 Å². The maximum Gasteiger partial charge on any atom is 0.349 e. The normalized spacial score (nSPS) is 17.7. The Morgan fingerprint density at radius 1 is 1.25 bits per heavy atom. The summed E-state index contributed by atoms with van der Waals surface area (Å²) in [6.07, 6.45) is -0.328. The SMILES string of the molecule is O=C(OCc1ccccc1)C(Oc1ccc(F)nc1F)[C@@H]1CCN1. The Labute approximate surface area is 137 Å². The second-order valence-corrected chi connectivity index (χ2v) is 5.40. The van der Waals surface area contributed by atoms with E-state index in [2.05, 4.69) is 10.3 Å². The van der Waals surface area contributed by atoms with Gasteiger partial charge in [0.1, 0.15) is 6.61 Å². The van der Waals surface area contributed by atoms with E-state index in [0.29, 0.717) is 6.42 Å². The van der Waals surface area contributed by atoms with E-state index in [1.54, 1.807) is 0 Å². The number of carbonyl (C=O) groups is 1. The Morgan fingerprint density at radius 2 is 2.00 bits per heavy atom. The van der Waals surface area contributed by atoms with Crippen molar-refractivity contribution in [1.82, 2.24) is 10.3 Å². The van der Waals surface area contributed by atoms with Crippen LogP contribution in [0.15, 0.2) is 42.5 Å². The highest BCUT2D eigenvalue weighted by molar-refractivity contribution is 5.76. The molecule has 1 aliphatic rings. The van der Waals surface area contributed by atoms with Crippen molar-refractivity contribution < 1.29 is 23.0 Å². The van der Waals surface area contributed by atoms with Crippen molar-refractivity contribution in [3.8, 4) is 5.75 Å². The maximum absolute atomic E-state index is 13.7. The zero-order valence-electron chi connectivity index (χ0n) is 12.7. The molecule has 0 bridgehead atoms. The predicted molar refractivity (Wildman–Crippen MR) is 81.2 cm³/mol. The molecule has 7 heteroatoms. The standard InChI is InChI=1S/C17H16F2N2O3/c18-14-7-6-13(16(19)21-14)24-15(12-8-9-20-12)17(22)23-10-11-4-2-1-3-5-11/h1-7,12,15,20H,8-10H2/t12-,15?/m0/s1. The van der Waals surface area contributed by atoms with Gasteiger partial charge in [-0.1, -0.05) is 30.3 Å². The minimum absolute atomic E-state index is 0.0937. The van der Waals surface area contributed by atoms with Crippen molar-refractivity contribution >= 4 is 5.97 Å². The van der Waals surface area contributed by atoms with Gasteiger partial charge in [0.05, 0.1) is 6.04 Å². The van der Waals surface area contributed by atoms with E-state index < -0.39 is 24.0 Å². The molecular formula is C17H16F2N2O3. The van der Waals surface area contributed by atoms with E-state index in [0.717, 1.165) is 24.2 Å². The fraction of sp³-hybridized carbons (Fsp3) is 0.294. The first-order chi connectivity index (χ1) is 11.6. The number of pyridine rings is 1. The topological polar surface area (TPSA) is 60.5 Å². The number of carbonyl (C=O) groups excluding carboxylic acids is 1. The molecule has 2 aromatic rings. The number of halogens is 2. The lowest BCUT2D eigenvalue weighted by atomic mass is 10.0. The summed E-state index contributed by atoms with van der Waals surface area (Å²) in [5, 5.41) is 3.03. The summed E-state index contributed by atoms with van der Waals surface area (Å²) in [6.45, 7) is 0.830. The number of esters is 1. The molecule has 0 saturated carbocycles. The molecule has 1 aromatic heterocycles. The molecule has 2 atom stereocenters. The van der Waals surface area contributed by atoms with Gasteiger partial charge in [0, 0.05) is 0 Å². The maximum atomic E-state index is 13.7. The van der Waals surface area contributed by atoms with Crippen LogP contribution in [-0.4, -0.2) is 29.6 Å². The number of nitrogens with one attached hydrogen (secondary N) is 1. The van der Waals surface area contributed by atoms with Crippen molar-refractivity contribution in [2.24, 2.45) is 0 Å². The van der Waals surface area contributed by atoms with E-state index in [-0.39, 0.29) is 18.4 Å². The number of aromatic nitrogens is 1. The zero-order valence-corrected chi connectivity index (χ0v) is 12.7. The molecule has 3 rings (SSSR count). The lowest BCUT2D eigenvalue weighted by Crippen LogP contribution is -2.56. The van der Waals surface area contributed by atoms with Crippen LogP contribution in [0.5, 0.6) is 5.75 Å². The fourth-order valence-corrected chi connectivity index (χ4v) is 2.30. The Balaban J connectivity index is 1.68. The average Bonchev–Trinajstić information content (AvgIpc) is 2.53. The summed E-state index contributed by atoms with van der Waals surface area (Å²) < 4.78 is 37.2. The van der Waals surface area contributed by atoms with Gasteiger partial charge in [0.2, 0.25) is 12.1 Å². The van der Waals surface area contributed by atoms with Crippen LogP contribution in [0.4, 0.5) is 8.78 Å². The van der Waals surface area contributed by atoms with Crippen LogP contribution in [0.3, 0.4) is 0 Å². The summed E-state index contributed by atoms with van der Waals surface area (Å²) >= 11 is 0. The van der Waals surface area contributed by atoms with Gasteiger partial charge in [-0.05, 0) is 30.7 Å². The highest BCUT2D eigenvalue weighted by Gasteiger charge is 2.36. The number of hydrogen-bond donors (Lipinski definition) is 1. The summed E-state index contributed by atoms with van der Waals surface area (Å²) in [4.78, 5) is 15.4. The average molecular weight is 334 g/mol. The molecule has 0 radical (unpaired) electrons. The first-order valence-corrected chi connectivity index (χ1v) is 7.56. The lowest BCUT2D eigenvalue weighted by molar-refractivity contribution is -0.156. The number of ether oxygens (including phenoxy) is 2. The van der Waals surface area contributed by atoms with E-state index in [4.69, 9.17) is 9.47 Å². The molecule has 1 aliphatic heterocycles. The van der Waals surface area contributed by atoms with Crippen LogP contribution < -0.4 is 10.1 Å². The van der Waals surface area contributed by atoms with Crippen molar-refractivity contribution in [1.29, 1.82) is 0 Å². The largest absolute Gasteiger partial charge is 0.472 e. The van der Waals surface area contributed by atoms with Gasteiger partial charge in [0.15, 0.2) is 5.75 Å². The minimum atomic E-state index is -1.10. The number of nitrogens with zero attached hydrogens (tertiary/aromatic N) is 1. The van der Waals surface area contributed by atoms with Gasteiger partial charge >= 0.3 is 5.97 Å².